The molecule has 0 unspecified atom stereocenters. The van der Waals surface area contributed by atoms with Crippen molar-refractivity contribution in [2.24, 2.45) is 0 Å². The van der Waals surface area contributed by atoms with Crippen LogP contribution in [-0.4, -0.2) is 31.7 Å². The third-order valence-corrected chi connectivity index (χ3v) is 4.30. The van der Waals surface area contributed by atoms with Gasteiger partial charge in [0.25, 0.3) is 5.56 Å². The number of amides is 1. The van der Waals surface area contributed by atoms with E-state index >= 15 is 0 Å². The summed E-state index contributed by atoms with van der Waals surface area (Å²) < 4.78 is 1.53. The van der Waals surface area contributed by atoms with Crippen LogP contribution in [-0.2, 0) is 17.8 Å². The number of hydrogen-bond acceptors (Lipinski definition) is 4. The van der Waals surface area contributed by atoms with E-state index in [2.05, 4.69) is 9.97 Å². The quantitative estimate of drug-likeness (QED) is 0.670. The molecule has 0 fully saturated rings. The molecule has 4 heterocycles. The Bertz CT molecular complexity index is 1020. The summed E-state index contributed by atoms with van der Waals surface area (Å²) in [5, 5.41) is 0. The highest BCUT2D eigenvalue weighted by molar-refractivity contribution is 5.91. The van der Waals surface area contributed by atoms with Gasteiger partial charge in [0.15, 0.2) is 0 Å². The van der Waals surface area contributed by atoms with Crippen molar-refractivity contribution >= 4 is 17.6 Å². The lowest BCUT2D eigenvalue weighted by molar-refractivity contribution is -0.126. The fourth-order valence-electron chi connectivity index (χ4n) is 2.98. The van der Waals surface area contributed by atoms with E-state index in [0.29, 0.717) is 24.2 Å². The molecule has 3 aromatic rings. The average Bonchev–Trinajstić information content (AvgIpc) is 2.67. The number of rotatable bonds is 2. The van der Waals surface area contributed by atoms with Gasteiger partial charge in [0.05, 0.1) is 17.8 Å². The predicted octanol–water partition coefficient (Wildman–Crippen LogP) is 1.69. The number of fused-ring (bicyclic) bond motifs is 2. The van der Waals surface area contributed by atoms with Crippen LogP contribution in [0.2, 0.25) is 0 Å². The fraction of sp³-hybridized carbons (Fsp3) is 0.158. The molecular formula is C19H16N4O2. The summed E-state index contributed by atoms with van der Waals surface area (Å²) >= 11 is 0. The van der Waals surface area contributed by atoms with Gasteiger partial charge in [0.2, 0.25) is 5.91 Å². The minimum Gasteiger partial charge on any atom is -0.334 e. The van der Waals surface area contributed by atoms with E-state index in [4.69, 9.17) is 0 Å². The van der Waals surface area contributed by atoms with Crippen LogP contribution in [0.15, 0.2) is 59.8 Å². The van der Waals surface area contributed by atoms with Crippen LogP contribution in [0.4, 0.5) is 0 Å². The van der Waals surface area contributed by atoms with Crippen LogP contribution < -0.4 is 5.56 Å². The standard InChI is InChI=1S/C19H16N4O2/c24-18(7-6-14-4-3-9-20-12-14)22-11-8-16-15(13-22)19(25)23-10-2-1-5-17(23)21-16/h1-7,9-10,12H,8,11,13H2/b7-6+. The molecule has 25 heavy (non-hydrogen) atoms. The van der Waals surface area contributed by atoms with Crippen molar-refractivity contribution in [3.8, 4) is 0 Å². The summed E-state index contributed by atoms with van der Waals surface area (Å²) in [6.45, 7) is 0.841. The summed E-state index contributed by atoms with van der Waals surface area (Å²) in [7, 11) is 0. The zero-order valence-corrected chi connectivity index (χ0v) is 13.5. The highest BCUT2D eigenvalue weighted by Crippen LogP contribution is 2.15. The minimum absolute atomic E-state index is 0.102. The summed E-state index contributed by atoms with van der Waals surface area (Å²) in [6.07, 6.45) is 8.92. The molecule has 1 amide bonds. The fourth-order valence-corrected chi connectivity index (χ4v) is 2.98. The third kappa shape index (κ3) is 2.94. The SMILES string of the molecule is O=C(/C=C/c1cccnc1)N1CCc2nc3ccccn3c(=O)c2C1. The molecule has 1 aliphatic rings. The Hall–Kier alpha value is -3.28. The third-order valence-electron chi connectivity index (χ3n) is 4.30. The van der Waals surface area contributed by atoms with Crippen molar-refractivity contribution < 1.29 is 4.79 Å². The van der Waals surface area contributed by atoms with Gasteiger partial charge in [-0.25, -0.2) is 4.98 Å². The number of carbonyl (C=O) groups excluding carboxylic acids is 1. The Morgan fingerprint density at radius 1 is 1.20 bits per heavy atom. The van der Waals surface area contributed by atoms with Crippen molar-refractivity contribution in [2.75, 3.05) is 6.54 Å². The first-order valence-corrected chi connectivity index (χ1v) is 8.08. The molecule has 0 saturated carbocycles. The van der Waals surface area contributed by atoms with Crippen LogP contribution in [0.25, 0.3) is 11.7 Å². The lowest BCUT2D eigenvalue weighted by Crippen LogP contribution is -2.39. The van der Waals surface area contributed by atoms with Crippen molar-refractivity contribution in [1.29, 1.82) is 0 Å². The van der Waals surface area contributed by atoms with Crippen molar-refractivity contribution in [3.05, 3.63) is 82.2 Å². The number of aromatic nitrogens is 3. The van der Waals surface area contributed by atoms with Gasteiger partial charge in [-0.2, -0.15) is 0 Å². The van der Waals surface area contributed by atoms with Crippen LogP contribution in [0, 0.1) is 0 Å². The highest BCUT2D eigenvalue weighted by atomic mass is 16.2. The lowest BCUT2D eigenvalue weighted by atomic mass is 10.1. The van der Waals surface area contributed by atoms with Gasteiger partial charge >= 0.3 is 0 Å². The number of nitrogens with zero attached hydrogens (tertiary/aromatic N) is 4. The van der Waals surface area contributed by atoms with E-state index in [1.807, 2.05) is 24.3 Å². The second-order valence-electron chi connectivity index (χ2n) is 5.90. The minimum atomic E-state index is -0.118. The Morgan fingerprint density at radius 2 is 2.12 bits per heavy atom. The van der Waals surface area contributed by atoms with Crippen LogP contribution in [0.1, 0.15) is 16.8 Å². The Balaban J connectivity index is 1.60. The first kappa shape index (κ1) is 15.3. The summed E-state index contributed by atoms with van der Waals surface area (Å²) in [5.74, 6) is -0.118. The summed E-state index contributed by atoms with van der Waals surface area (Å²) in [6, 6.07) is 9.17. The maximum atomic E-state index is 12.7. The molecule has 1 aliphatic heterocycles. The Kier molecular flexibility index (Phi) is 3.85. The Labute approximate surface area is 144 Å². The molecule has 0 bridgehead atoms. The lowest BCUT2D eigenvalue weighted by Gasteiger charge is -2.27. The predicted molar refractivity (Wildman–Crippen MR) is 93.9 cm³/mol. The number of carbonyl (C=O) groups is 1. The molecule has 0 N–H and O–H groups in total. The van der Waals surface area contributed by atoms with Crippen LogP contribution in [0.5, 0.6) is 0 Å². The van der Waals surface area contributed by atoms with Gasteiger partial charge in [-0.1, -0.05) is 12.1 Å². The topological polar surface area (TPSA) is 67.6 Å². The number of hydrogen-bond donors (Lipinski definition) is 0. The second kappa shape index (κ2) is 6.32. The average molecular weight is 332 g/mol. The Morgan fingerprint density at radius 3 is 2.96 bits per heavy atom. The van der Waals surface area contributed by atoms with Crippen LogP contribution in [0.3, 0.4) is 0 Å². The molecule has 0 radical (unpaired) electrons. The first-order valence-electron chi connectivity index (χ1n) is 8.08. The molecular weight excluding hydrogens is 316 g/mol. The second-order valence-corrected chi connectivity index (χ2v) is 5.90. The molecule has 0 aromatic carbocycles. The smallest absolute Gasteiger partial charge is 0.263 e. The van der Waals surface area contributed by atoms with Gasteiger partial charge in [0.1, 0.15) is 5.65 Å². The van der Waals surface area contributed by atoms with Gasteiger partial charge in [0, 0.05) is 37.6 Å². The maximum Gasteiger partial charge on any atom is 0.263 e. The molecule has 124 valence electrons. The molecule has 3 aromatic heterocycles. The van der Waals surface area contributed by atoms with Crippen LogP contribution >= 0.6 is 0 Å². The van der Waals surface area contributed by atoms with E-state index in [0.717, 1.165) is 11.3 Å². The molecule has 6 heteroatoms. The van der Waals surface area contributed by atoms with Gasteiger partial charge in [-0.3, -0.25) is 19.0 Å². The largest absolute Gasteiger partial charge is 0.334 e. The van der Waals surface area contributed by atoms with E-state index in [-0.39, 0.29) is 18.0 Å². The van der Waals surface area contributed by atoms with E-state index < -0.39 is 0 Å². The van der Waals surface area contributed by atoms with Crippen molar-refractivity contribution in [1.82, 2.24) is 19.3 Å². The molecule has 0 atom stereocenters. The van der Waals surface area contributed by atoms with E-state index in [1.54, 1.807) is 35.6 Å². The molecule has 4 rings (SSSR count). The zero-order chi connectivity index (χ0) is 17.2. The normalized spacial score (nSPS) is 14.0. The van der Waals surface area contributed by atoms with E-state index in [9.17, 15) is 9.59 Å². The van der Waals surface area contributed by atoms with Gasteiger partial charge in [-0.15, -0.1) is 0 Å². The van der Waals surface area contributed by atoms with Crippen molar-refractivity contribution in [2.45, 2.75) is 13.0 Å². The summed E-state index contributed by atoms with van der Waals surface area (Å²) in [4.78, 5) is 35.4. The highest BCUT2D eigenvalue weighted by Gasteiger charge is 2.23. The van der Waals surface area contributed by atoms with Crippen molar-refractivity contribution in [3.63, 3.8) is 0 Å². The molecule has 6 nitrogen and oxygen atoms in total. The summed E-state index contributed by atoms with van der Waals surface area (Å²) in [5.41, 5.74) is 2.78. The zero-order valence-electron chi connectivity index (χ0n) is 13.5. The first-order chi connectivity index (χ1) is 12.2. The van der Waals surface area contributed by atoms with E-state index in [1.165, 1.54) is 10.5 Å². The number of pyridine rings is 2. The molecule has 0 saturated heterocycles. The maximum absolute atomic E-state index is 12.7. The molecule has 0 aliphatic carbocycles. The van der Waals surface area contributed by atoms with Gasteiger partial charge < -0.3 is 4.90 Å². The monoisotopic (exact) mass is 332 g/mol. The molecule has 0 spiro atoms. The van der Waals surface area contributed by atoms with Gasteiger partial charge in [-0.05, 0) is 29.8 Å².